The van der Waals surface area contributed by atoms with Gasteiger partial charge in [-0.3, -0.25) is 9.59 Å². The molecule has 2 rings (SSSR count). The van der Waals surface area contributed by atoms with Crippen LogP contribution < -0.4 is 10.6 Å². The van der Waals surface area contributed by atoms with Crippen LogP contribution in [0.25, 0.3) is 0 Å². The predicted molar refractivity (Wildman–Crippen MR) is 166 cm³/mol. The van der Waals surface area contributed by atoms with Gasteiger partial charge in [0.2, 0.25) is 21.8 Å². The van der Waals surface area contributed by atoms with E-state index in [1.165, 1.54) is 21.2 Å². The molecule has 4 atom stereocenters. The van der Waals surface area contributed by atoms with E-state index in [0.29, 0.717) is 32.4 Å². The lowest BCUT2D eigenvalue weighted by Gasteiger charge is -2.36. The summed E-state index contributed by atoms with van der Waals surface area (Å²) >= 11 is 0. The van der Waals surface area contributed by atoms with Crippen molar-refractivity contribution in [2.45, 2.75) is 104 Å². The fourth-order valence-corrected chi connectivity index (χ4v) is 7.23. The van der Waals surface area contributed by atoms with Gasteiger partial charge in [0.25, 0.3) is 0 Å². The summed E-state index contributed by atoms with van der Waals surface area (Å²) in [6, 6.07) is -2.99. The van der Waals surface area contributed by atoms with E-state index >= 15 is 0 Å². The van der Waals surface area contributed by atoms with Crippen molar-refractivity contribution in [1.82, 2.24) is 24.7 Å². The SMILES string of the molecule is CCCCC/C=C\C(C)[C@H](C(=O)O)N(C)C(=O)[C@@H]1CCCN1C(=O)CNC(=O)NC(CN1CCCCS1(=O)=O)C(C)(C)C. The van der Waals surface area contributed by atoms with Crippen molar-refractivity contribution in [2.24, 2.45) is 11.3 Å². The predicted octanol–water partition coefficient (Wildman–Crippen LogP) is 2.80. The topological polar surface area (TPSA) is 156 Å². The first kappa shape index (κ1) is 36.5. The maximum atomic E-state index is 13.5. The molecule has 0 aromatic heterocycles. The molecule has 2 saturated heterocycles. The number of amides is 4. The van der Waals surface area contributed by atoms with E-state index in [0.717, 1.165) is 32.1 Å². The number of aliphatic carboxylic acids is 1. The summed E-state index contributed by atoms with van der Waals surface area (Å²) in [5.41, 5.74) is -0.451. The fraction of sp³-hybridized carbons (Fsp3) is 0.800. The zero-order valence-corrected chi connectivity index (χ0v) is 27.6. The van der Waals surface area contributed by atoms with Gasteiger partial charge in [-0.25, -0.2) is 18.0 Å². The number of hydrogen-bond donors (Lipinski definition) is 3. The Morgan fingerprint density at radius 3 is 2.40 bits per heavy atom. The molecule has 2 unspecified atom stereocenters. The van der Waals surface area contributed by atoms with Crippen molar-refractivity contribution in [3.8, 4) is 0 Å². The molecule has 13 heteroatoms. The number of hydrogen-bond acceptors (Lipinski definition) is 6. The fourth-order valence-electron chi connectivity index (χ4n) is 5.62. The van der Waals surface area contributed by atoms with Crippen LogP contribution in [0.2, 0.25) is 0 Å². The Balaban J connectivity index is 2.00. The molecule has 3 N–H and O–H groups in total. The van der Waals surface area contributed by atoms with Gasteiger partial charge in [0, 0.05) is 38.6 Å². The Hall–Kier alpha value is -2.67. The van der Waals surface area contributed by atoms with E-state index in [1.54, 1.807) is 6.92 Å². The summed E-state index contributed by atoms with van der Waals surface area (Å²) < 4.78 is 26.4. The number of likely N-dealkylation sites (tertiary alicyclic amines) is 1. The van der Waals surface area contributed by atoms with E-state index in [-0.39, 0.29) is 18.8 Å². The molecule has 2 aliphatic heterocycles. The monoisotopic (exact) mass is 627 g/mol. The lowest BCUT2D eigenvalue weighted by atomic mass is 9.86. The minimum atomic E-state index is -3.37. The average molecular weight is 628 g/mol. The van der Waals surface area contributed by atoms with E-state index < -0.39 is 63.3 Å². The summed E-state index contributed by atoms with van der Waals surface area (Å²) in [6.45, 7) is 10.1. The molecule has 0 spiro atoms. The second-order valence-electron chi connectivity index (χ2n) is 12.9. The minimum Gasteiger partial charge on any atom is -0.480 e. The van der Waals surface area contributed by atoms with E-state index in [9.17, 15) is 32.7 Å². The van der Waals surface area contributed by atoms with Crippen LogP contribution in [0.3, 0.4) is 0 Å². The standard InChI is InChI=1S/C30H53N5O7S/c1-7-8-9-10-11-15-22(2)26(28(38)39)33(6)27(37)23-16-14-18-35(23)25(36)20-31-29(40)32-24(30(3,4)5)21-34-17-12-13-19-43(34,41)42/h11,15,22-24,26H,7-10,12-14,16-21H2,1-6H3,(H,38,39)(H2,31,32,40)/b15-11-/t22?,23-,24?,26+/m0/s1. The highest BCUT2D eigenvalue weighted by atomic mass is 32.2. The van der Waals surface area contributed by atoms with Crippen molar-refractivity contribution < 1.29 is 32.7 Å². The molecule has 2 heterocycles. The van der Waals surface area contributed by atoms with Crippen LogP contribution in [0.5, 0.6) is 0 Å². The van der Waals surface area contributed by atoms with Gasteiger partial charge in [0.05, 0.1) is 12.3 Å². The third-order valence-electron chi connectivity index (χ3n) is 8.38. The average Bonchev–Trinajstić information content (AvgIpc) is 3.41. The van der Waals surface area contributed by atoms with Crippen molar-refractivity contribution in [1.29, 1.82) is 0 Å². The molecule has 0 saturated carbocycles. The van der Waals surface area contributed by atoms with Crippen LogP contribution in [0.1, 0.15) is 86.0 Å². The normalized spacial score (nSPS) is 21.3. The zero-order valence-electron chi connectivity index (χ0n) is 26.8. The zero-order chi connectivity index (χ0) is 32.4. The number of carboxylic acid groups (broad SMARTS) is 1. The van der Waals surface area contributed by atoms with Gasteiger partial charge in [-0.05, 0) is 43.9 Å². The van der Waals surface area contributed by atoms with E-state index in [1.807, 2.05) is 32.9 Å². The first-order chi connectivity index (χ1) is 20.1. The summed E-state index contributed by atoms with van der Waals surface area (Å²) in [5.74, 6) is -2.32. The number of rotatable bonds is 14. The van der Waals surface area contributed by atoms with E-state index in [4.69, 9.17) is 0 Å². The van der Waals surface area contributed by atoms with Crippen molar-refractivity contribution in [2.75, 3.05) is 39.0 Å². The highest BCUT2D eigenvalue weighted by Crippen LogP contribution is 2.24. The van der Waals surface area contributed by atoms with Crippen molar-refractivity contribution >= 4 is 33.8 Å². The van der Waals surface area contributed by atoms with E-state index in [2.05, 4.69) is 17.6 Å². The van der Waals surface area contributed by atoms with Crippen LogP contribution in [0.15, 0.2) is 12.2 Å². The molecular formula is C30H53N5O7S. The second kappa shape index (κ2) is 16.4. The third kappa shape index (κ3) is 10.8. The number of nitrogens with one attached hydrogen (secondary N) is 2. The number of sulfonamides is 1. The Morgan fingerprint density at radius 1 is 1.09 bits per heavy atom. The third-order valence-corrected chi connectivity index (χ3v) is 10.3. The summed E-state index contributed by atoms with van der Waals surface area (Å²) in [6.07, 6.45) is 10.3. The molecule has 0 aromatic rings. The van der Waals surface area contributed by atoms with Gasteiger partial charge in [0.1, 0.15) is 12.1 Å². The maximum absolute atomic E-state index is 13.5. The van der Waals surface area contributed by atoms with Gasteiger partial charge in [-0.1, -0.05) is 59.6 Å². The van der Waals surface area contributed by atoms with Gasteiger partial charge in [0.15, 0.2) is 0 Å². The quantitative estimate of drug-likeness (QED) is 0.198. The number of nitrogens with zero attached hydrogens (tertiary/aromatic N) is 3. The van der Waals surface area contributed by atoms with Crippen LogP contribution in [-0.2, 0) is 24.4 Å². The largest absolute Gasteiger partial charge is 0.480 e. The number of allylic oxidation sites excluding steroid dienone is 1. The molecule has 0 aromatic carbocycles. The van der Waals surface area contributed by atoms with Crippen LogP contribution in [0.4, 0.5) is 4.79 Å². The molecule has 43 heavy (non-hydrogen) atoms. The molecular weight excluding hydrogens is 574 g/mol. The first-order valence-corrected chi connectivity index (χ1v) is 17.2. The smallest absolute Gasteiger partial charge is 0.327 e. The van der Waals surface area contributed by atoms with Crippen LogP contribution >= 0.6 is 0 Å². The Kier molecular flexibility index (Phi) is 13.9. The first-order valence-electron chi connectivity index (χ1n) is 15.6. The number of carboxylic acids is 1. The lowest BCUT2D eigenvalue weighted by molar-refractivity contribution is -0.153. The number of urea groups is 1. The van der Waals surface area contributed by atoms with Gasteiger partial charge >= 0.3 is 12.0 Å². The highest BCUT2D eigenvalue weighted by molar-refractivity contribution is 7.89. The number of carbonyl (C=O) groups is 4. The summed E-state index contributed by atoms with van der Waals surface area (Å²) in [4.78, 5) is 54.2. The van der Waals surface area contributed by atoms with Crippen molar-refractivity contribution in [3.05, 3.63) is 12.2 Å². The molecule has 0 bridgehead atoms. The molecule has 0 radical (unpaired) electrons. The second-order valence-corrected chi connectivity index (χ2v) is 15.0. The Labute approximate surface area is 257 Å². The number of unbranched alkanes of at least 4 members (excludes halogenated alkanes) is 3. The van der Waals surface area contributed by atoms with Gasteiger partial charge in [-0.15, -0.1) is 0 Å². The van der Waals surface area contributed by atoms with Gasteiger partial charge < -0.3 is 25.5 Å². The highest BCUT2D eigenvalue weighted by Gasteiger charge is 2.40. The molecule has 4 amide bonds. The molecule has 2 fully saturated rings. The number of carbonyl (C=O) groups excluding carboxylic acids is 3. The Morgan fingerprint density at radius 2 is 1.79 bits per heavy atom. The van der Waals surface area contributed by atoms with Crippen LogP contribution in [0, 0.1) is 11.3 Å². The Bertz CT molecular complexity index is 1100. The minimum absolute atomic E-state index is 0.0946. The molecule has 246 valence electrons. The molecule has 0 aliphatic carbocycles. The summed E-state index contributed by atoms with van der Waals surface area (Å²) in [7, 11) is -1.91. The molecule has 2 aliphatic rings. The maximum Gasteiger partial charge on any atom is 0.327 e. The molecule has 12 nitrogen and oxygen atoms in total. The summed E-state index contributed by atoms with van der Waals surface area (Å²) in [5, 5.41) is 15.3. The van der Waals surface area contributed by atoms with Crippen LogP contribution in [-0.4, -0.2) is 109 Å². The van der Waals surface area contributed by atoms with Crippen molar-refractivity contribution in [3.63, 3.8) is 0 Å². The van der Waals surface area contributed by atoms with Gasteiger partial charge in [-0.2, -0.15) is 4.31 Å². The number of likely N-dealkylation sites (N-methyl/N-ethyl adjacent to an activating group) is 1. The lowest BCUT2D eigenvalue weighted by Crippen LogP contribution is -2.57.